The molecule has 3 rings (SSSR count). The van der Waals surface area contributed by atoms with Crippen LogP contribution in [0.15, 0.2) is 24.3 Å². The smallest absolute Gasteiger partial charge is 0.0599 e. The number of nitrogen functional groups attached to an aromatic ring is 1. The second kappa shape index (κ2) is 4.81. The molecule has 2 aliphatic rings. The fourth-order valence-corrected chi connectivity index (χ4v) is 3.45. The van der Waals surface area contributed by atoms with E-state index in [1.54, 1.807) is 0 Å². The lowest BCUT2D eigenvalue weighted by Gasteiger charge is -2.45. The molecule has 0 amide bonds. The van der Waals surface area contributed by atoms with Crippen molar-refractivity contribution in [2.24, 2.45) is 5.41 Å². The van der Waals surface area contributed by atoms with Crippen LogP contribution in [0.1, 0.15) is 25.7 Å². The highest BCUT2D eigenvalue weighted by atomic mass is 15.1. The molecule has 2 aliphatic heterocycles. The van der Waals surface area contributed by atoms with E-state index in [4.69, 9.17) is 5.73 Å². The lowest BCUT2D eigenvalue weighted by Crippen LogP contribution is -2.48. The molecule has 2 fully saturated rings. The SMILES string of the molecule is Nc1ccccc1N1CCC2(CCCNC2)CC1. The molecular formula is C15H23N3. The predicted octanol–water partition coefficient (Wildman–Crippen LogP) is 2.24. The first-order valence-electron chi connectivity index (χ1n) is 7.09. The van der Waals surface area contributed by atoms with Crippen molar-refractivity contribution in [1.29, 1.82) is 0 Å². The van der Waals surface area contributed by atoms with Gasteiger partial charge in [0.15, 0.2) is 0 Å². The van der Waals surface area contributed by atoms with Crippen LogP contribution in [0, 0.1) is 5.41 Å². The number of nitrogens with two attached hydrogens (primary N) is 1. The van der Waals surface area contributed by atoms with Gasteiger partial charge in [0, 0.05) is 19.6 Å². The van der Waals surface area contributed by atoms with Gasteiger partial charge in [0.1, 0.15) is 0 Å². The van der Waals surface area contributed by atoms with Crippen LogP contribution in [-0.4, -0.2) is 26.2 Å². The monoisotopic (exact) mass is 245 g/mol. The largest absolute Gasteiger partial charge is 0.397 e. The number of benzene rings is 1. The van der Waals surface area contributed by atoms with Gasteiger partial charge in [0.25, 0.3) is 0 Å². The van der Waals surface area contributed by atoms with E-state index in [2.05, 4.69) is 22.3 Å². The van der Waals surface area contributed by atoms with E-state index < -0.39 is 0 Å². The third kappa shape index (κ3) is 2.19. The summed E-state index contributed by atoms with van der Waals surface area (Å²) in [5, 5.41) is 3.57. The summed E-state index contributed by atoms with van der Waals surface area (Å²) in [5.74, 6) is 0. The zero-order valence-corrected chi connectivity index (χ0v) is 11.0. The number of para-hydroxylation sites is 2. The van der Waals surface area contributed by atoms with Gasteiger partial charge in [-0.1, -0.05) is 12.1 Å². The van der Waals surface area contributed by atoms with Gasteiger partial charge in [-0.15, -0.1) is 0 Å². The Bertz CT molecular complexity index is 400. The van der Waals surface area contributed by atoms with Gasteiger partial charge in [0.05, 0.1) is 11.4 Å². The Morgan fingerprint density at radius 1 is 1.11 bits per heavy atom. The van der Waals surface area contributed by atoms with Crippen molar-refractivity contribution >= 4 is 11.4 Å². The predicted molar refractivity (Wildman–Crippen MR) is 76.8 cm³/mol. The van der Waals surface area contributed by atoms with Crippen LogP contribution in [0.3, 0.4) is 0 Å². The lowest BCUT2D eigenvalue weighted by molar-refractivity contribution is 0.161. The lowest BCUT2D eigenvalue weighted by atomic mass is 9.73. The third-order valence-corrected chi connectivity index (χ3v) is 4.66. The first-order valence-corrected chi connectivity index (χ1v) is 7.09. The number of piperidine rings is 2. The molecule has 1 aromatic rings. The van der Waals surface area contributed by atoms with Crippen LogP contribution in [0.4, 0.5) is 11.4 Å². The van der Waals surface area contributed by atoms with Gasteiger partial charge in [-0.3, -0.25) is 0 Å². The zero-order chi connectivity index (χ0) is 12.4. The van der Waals surface area contributed by atoms with Gasteiger partial charge < -0.3 is 16.0 Å². The topological polar surface area (TPSA) is 41.3 Å². The summed E-state index contributed by atoms with van der Waals surface area (Å²) >= 11 is 0. The number of hydrogen-bond donors (Lipinski definition) is 2. The van der Waals surface area contributed by atoms with Crippen LogP contribution >= 0.6 is 0 Å². The zero-order valence-electron chi connectivity index (χ0n) is 11.0. The Hall–Kier alpha value is -1.22. The van der Waals surface area contributed by atoms with E-state index in [0.29, 0.717) is 5.41 Å². The van der Waals surface area contributed by atoms with Crippen molar-refractivity contribution in [3.63, 3.8) is 0 Å². The second-order valence-electron chi connectivity index (χ2n) is 5.83. The molecule has 98 valence electrons. The Morgan fingerprint density at radius 2 is 1.89 bits per heavy atom. The molecule has 0 radical (unpaired) electrons. The summed E-state index contributed by atoms with van der Waals surface area (Å²) in [5.41, 5.74) is 8.77. The highest BCUT2D eigenvalue weighted by Gasteiger charge is 2.35. The molecule has 1 aromatic carbocycles. The maximum absolute atomic E-state index is 6.07. The Labute approximate surface area is 109 Å². The first kappa shape index (κ1) is 11.8. The quantitative estimate of drug-likeness (QED) is 0.746. The second-order valence-corrected chi connectivity index (χ2v) is 5.83. The molecule has 0 atom stereocenters. The molecule has 18 heavy (non-hydrogen) atoms. The van der Waals surface area contributed by atoms with E-state index in [9.17, 15) is 0 Å². The van der Waals surface area contributed by atoms with E-state index in [-0.39, 0.29) is 0 Å². The summed E-state index contributed by atoms with van der Waals surface area (Å²) < 4.78 is 0. The van der Waals surface area contributed by atoms with Crippen LogP contribution < -0.4 is 16.0 Å². The number of nitrogens with zero attached hydrogens (tertiary/aromatic N) is 1. The van der Waals surface area contributed by atoms with E-state index in [1.807, 2.05) is 12.1 Å². The van der Waals surface area contributed by atoms with Gasteiger partial charge in [-0.2, -0.15) is 0 Å². The molecule has 0 bridgehead atoms. The van der Waals surface area contributed by atoms with Crippen LogP contribution in [0.2, 0.25) is 0 Å². The van der Waals surface area contributed by atoms with Crippen LogP contribution in [-0.2, 0) is 0 Å². The van der Waals surface area contributed by atoms with Crippen molar-refractivity contribution in [1.82, 2.24) is 5.32 Å². The normalized spacial score (nSPS) is 23.2. The van der Waals surface area contributed by atoms with Crippen molar-refractivity contribution < 1.29 is 0 Å². The Morgan fingerprint density at radius 3 is 2.56 bits per heavy atom. The molecule has 1 spiro atoms. The first-order chi connectivity index (χ1) is 8.79. The molecular weight excluding hydrogens is 222 g/mol. The fourth-order valence-electron chi connectivity index (χ4n) is 3.45. The van der Waals surface area contributed by atoms with Gasteiger partial charge in [0.2, 0.25) is 0 Å². The highest BCUT2D eigenvalue weighted by molar-refractivity contribution is 5.67. The number of nitrogens with one attached hydrogen (secondary N) is 1. The average molecular weight is 245 g/mol. The molecule has 0 saturated carbocycles. The summed E-state index contributed by atoms with van der Waals surface area (Å²) in [6.45, 7) is 4.72. The minimum atomic E-state index is 0.568. The molecule has 3 N–H and O–H groups in total. The molecule has 2 heterocycles. The highest BCUT2D eigenvalue weighted by Crippen LogP contribution is 2.39. The minimum Gasteiger partial charge on any atom is -0.397 e. The summed E-state index contributed by atoms with van der Waals surface area (Å²) in [7, 11) is 0. The minimum absolute atomic E-state index is 0.568. The maximum Gasteiger partial charge on any atom is 0.0599 e. The van der Waals surface area contributed by atoms with Crippen molar-refractivity contribution in [2.45, 2.75) is 25.7 Å². The molecule has 3 nitrogen and oxygen atoms in total. The van der Waals surface area contributed by atoms with Crippen molar-refractivity contribution in [3.8, 4) is 0 Å². The Kier molecular flexibility index (Phi) is 3.16. The van der Waals surface area contributed by atoms with Gasteiger partial charge in [-0.25, -0.2) is 0 Å². The van der Waals surface area contributed by atoms with Crippen molar-refractivity contribution in [2.75, 3.05) is 36.8 Å². The van der Waals surface area contributed by atoms with Gasteiger partial charge in [-0.05, 0) is 49.8 Å². The summed E-state index contributed by atoms with van der Waals surface area (Å²) in [6, 6.07) is 8.24. The Balaban J connectivity index is 1.68. The molecule has 0 aromatic heterocycles. The molecule has 2 saturated heterocycles. The van der Waals surface area contributed by atoms with Crippen LogP contribution in [0.25, 0.3) is 0 Å². The van der Waals surface area contributed by atoms with Crippen LogP contribution in [0.5, 0.6) is 0 Å². The van der Waals surface area contributed by atoms with E-state index in [0.717, 1.165) is 18.8 Å². The third-order valence-electron chi connectivity index (χ3n) is 4.66. The number of hydrogen-bond acceptors (Lipinski definition) is 3. The fraction of sp³-hybridized carbons (Fsp3) is 0.600. The number of anilines is 2. The molecule has 3 heteroatoms. The summed E-state index contributed by atoms with van der Waals surface area (Å²) in [4.78, 5) is 2.45. The van der Waals surface area contributed by atoms with E-state index >= 15 is 0 Å². The number of rotatable bonds is 1. The standard InChI is InChI=1S/C15H23N3/c16-13-4-1-2-5-14(13)18-10-7-15(8-11-18)6-3-9-17-12-15/h1-2,4-5,17H,3,6-12,16H2. The van der Waals surface area contributed by atoms with Crippen molar-refractivity contribution in [3.05, 3.63) is 24.3 Å². The van der Waals surface area contributed by atoms with E-state index in [1.165, 1.54) is 44.5 Å². The maximum atomic E-state index is 6.07. The molecule has 0 aliphatic carbocycles. The van der Waals surface area contributed by atoms with Gasteiger partial charge >= 0.3 is 0 Å². The summed E-state index contributed by atoms with van der Waals surface area (Å²) in [6.07, 6.45) is 5.34. The molecule has 0 unspecified atom stereocenters. The average Bonchev–Trinajstić information content (AvgIpc) is 2.42.